The highest BCUT2D eigenvalue weighted by molar-refractivity contribution is 6.03. The Morgan fingerprint density at radius 1 is 1.38 bits per heavy atom. The molecule has 0 saturated carbocycles. The van der Waals surface area contributed by atoms with Gasteiger partial charge in [-0.1, -0.05) is 0 Å². The minimum Gasteiger partial charge on any atom is -0.337 e. The maximum Gasteiger partial charge on any atom is 0.295 e. The zero-order valence-electron chi connectivity index (χ0n) is 11.0. The van der Waals surface area contributed by atoms with Gasteiger partial charge in [0, 0.05) is 18.9 Å². The number of aromatic nitrogens is 4. The van der Waals surface area contributed by atoms with Crippen LogP contribution in [-0.2, 0) is 7.05 Å². The smallest absolute Gasteiger partial charge is 0.295 e. The van der Waals surface area contributed by atoms with Gasteiger partial charge in [-0.05, 0) is 24.3 Å². The molecule has 0 aliphatic heterocycles. The number of fused-ring (bicyclic) bond motifs is 1. The molecule has 108 valence electrons. The first kappa shape index (κ1) is 13.2. The quantitative estimate of drug-likeness (QED) is 0.778. The number of imidazole rings is 1. The second-order valence-corrected chi connectivity index (χ2v) is 4.45. The second-order valence-electron chi connectivity index (χ2n) is 4.45. The van der Waals surface area contributed by atoms with Gasteiger partial charge in [0.2, 0.25) is 0 Å². The van der Waals surface area contributed by atoms with Crippen LogP contribution in [0.4, 0.5) is 14.5 Å². The Kier molecular flexibility index (Phi) is 3.13. The number of carbonyl (C=O) groups excluding carboxylic acids is 1. The van der Waals surface area contributed by atoms with Crippen LogP contribution in [0.25, 0.3) is 11.0 Å². The fourth-order valence-corrected chi connectivity index (χ4v) is 2.00. The zero-order chi connectivity index (χ0) is 15.0. The van der Waals surface area contributed by atoms with Crippen molar-refractivity contribution in [1.82, 2.24) is 19.7 Å². The van der Waals surface area contributed by atoms with Crippen LogP contribution in [0.5, 0.6) is 0 Å². The van der Waals surface area contributed by atoms with Crippen molar-refractivity contribution in [2.45, 2.75) is 6.43 Å². The Morgan fingerprint density at radius 2 is 2.19 bits per heavy atom. The maximum atomic E-state index is 12.6. The number of hydrogen-bond acceptors (Lipinski definition) is 3. The van der Waals surface area contributed by atoms with Gasteiger partial charge in [0.1, 0.15) is 5.69 Å². The van der Waals surface area contributed by atoms with E-state index in [1.165, 1.54) is 10.9 Å². The standard InChI is InChI=1S/C13H11F2N5O/c1-20-10(4-5-16-20)13(21)17-7-2-3-8-9(6-7)19-12(18-8)11(14)15/h2-6,11H,1H3,(H,17,21)(H,18,19). The van der Waals surface area contributed by atoms with E-state index in [4.69, 9.17) is 0 Å². The summed E-state index contributed by atoms with van der Waals surface area (Å²) < 4.78 is 26.6. The summed E-state index contributed by atoms with van der Waals surface area (Å²) in [6.07, 6.45) is -1.15. The van der Waals surface area contributed by atoms with Crippen LogP contribution < -0.4 is 5.32 Å². The Morgan fingerprint density at radius 3 is 2.86 bits per heavy atom. The lowest BCUT2D eigenvalue weighted by atomic mass is 10.2. The summed E-state index contributed by atoms with van der Waals surface area (Å²) in [5.74, 6) is -0.719. The van der Waals surface area contributed by atoms with Crippen molar-refractivity contribution in [2.75, 3.05) is 5.32 Å². The van der Waals surface area contributed by atoms with Gasteiger partial charge in [-0.15, -0.1) is 0 Å². The summed E-state index contributed by atoms with van der Waals surface area (Å²) in [5.41, 5.74) is 1.74. The molecule has 0 atom stereocenters. The van der Waals surface area contributed by atoms with Crippen LogP contribution in [0.1, 0.15) is 22.7 Å². The molecule has 8 heteroatoms. The average Bonchev–Trinajstić information content (AvgIpc) is 3.04. The van der Waals surface area contributed by atoms with Gasteiger partial charge in [0.05, 0.1) is 11.0 Å². The van der Waals surface area contributed by atoms with E-state index in [1.807, 2.05) is 0 Å². The molecule has 1 amide bonds. The molecule has 3 rings (SSSR count). The highest BCUT2D eigenvalue weighted by Gasteiger charge is 2.14. The lowest BCUT2D eigenvalue weighted by Crippen LogP contribution is -2.15. The third-order valence-electron chi connectivity index (χ3n) is 3.02. The summed E-state index contributed by atoms with van der Waals surface area (Å²) in [6, 6.07) is 6.31. The molecule has 0 aliphatic carbocycles. The summed E-state index contributed by atoms with van der Waals surface area (Å²) in [7, 11) is 1.65. The van der Waals surface area contributed by atoms with Crippen molar-refractivity contribution in [2.24, 2.45) is 7.05 Å². The van der Waals surface area contributed by atoms with Crippen molar-refractivity contribution >= 4 is 22.6 Å². The summed E-state index contributed by atoms with van der Waals surface area (Å²) in [4.78, 5) is 18.3. The second kappa shape index (κ2) is 4.97. The van der Waals surface area contributed by atoms with Gasteiger partial charge < -0.3 is 10.3 Å². The summed E-state index contributed by atoms with van der Waals surface area (Å²) in [5, 5.41) is 6.59. The number of carbonyl (C=O) groups is 1. The molecular weight excluding hydrogens is 280 g/mol. The van der Waals surface area contributed by atoms with Crippen LogP contribution in [0.15, 0.2) is 30.5 Å². The number of amides is 1. The molecule has 3 aromatic rings. The fourth-order valence-electron chi connectivity index (χ4n) is 2.00. The van der Waals surface area contributed by atoms with Crippen LogP contribution in [-0.4, -0.2) is 25.7 Å². The zero-order valence-corrected chi connectivity index (χ0v) is 11.0. The molecule has 0 fully saturated rings. The third-order valence-corrected chi connectivity index (χ3v) is 3.02. The first-order valence-corrected chi connectivity index (χ1v) is 6.12. The maximum absolute atomic E-state index is 12.6. The molecule has 0 spiro atoms. The number of benzene rings is 1. The van der Waals surface area contributed by atoms with Crippen molar-refractivity contribution in [3.05, 3.63) is 42.0 Å². The van der Waals surface area contributed by atoms with Crippen molar-refractivity contribution < 1.29 is 13.6 Å². The highest BCUT2D eigenvalue weighted by atomic mass is 19.3. The van der Waals surface area contributed by atoms with E-state index in [9.17, 15) is 13.6 Å². The van der Waals surface area contributed by atoms with Crippen LogP contribution in [0.2, 0.25) is 0 Å². The van der Waals surface area contributed by atoms with E-state index in [2.05, 4.69) is 20.4 Å². The van der Waals surface area contributed by atoms with E-state index >= 15 is 0 Å². The predicted octanol–water partition coefficient (Wildman–Crippen LogP) is 2.49. The highest BCUT2D eigenvalue weighted by Crippen LogP contribution is 2.22. The number of H-pyrrole nitrogens is 1. The minimum absolute atomic E-state index is 0.331. The third kappa shape index (κ3) is 2.47. The molecule has 0 aliphatic rings. The fraction of sp³-hybridized carbons (Fsp3) is 0.154. The summed E-state index contributed by atoms with van der Waals surface area (Å²) in [6.45, 7) is 0. The molecule has 2 aromatic heterocycles. The monoisotopic (exact) mass is 291 g/mol. The Balaban J connectivity index is 1.87. The van der Waals surface area contributed by atoms with Crippen molar-refractivity contribution in [3.8, 4) is 0 Å². The number of rotatable bonds is 3. The molecule has 0 unspecified atom stereocenters. The molecular formula is C13H11F2N5O. The number of nitrogens with one attached hydrogen (secondary N) is 2. The Bertz CT molecular complexity index is 808. The van der Waals surface area contributed by atoms with Gasteiger partial charge in [-0.2, -0.15) is 5.10 Å². The molecule has 21 heavy (non-hydrogen) atoms. The Hall–Kier alpha value is -2.77. The first-order chi connectivity index (χ1) is 10.0. The number of aryl methyl sites for hydroxylation is 1. The number of nitrogens with zero attached hydrogens (tertiary/aromatic N) is 3. The minimum atomic E-state index is -2.66. The summed E-state index contributed by atoms with van der Waals surface area (Å²) >= 11 is 0. The van der Waals surface area contributed by atoms with Gasteiger partial charge >= 0.3 is 0 Å². The topological polar surface area (TPSA) is 75.6 Å². The van der Waals surface area contributed by atoms with E-state index in [1.54, 1.807) is 31.3 Å². The number of anilines is 1. The number of halogens is 2. The molecule has 1 aromatic carbocycles. The van der Waals surface area contributed by atoms with E-state index in [-0.39, 0.29) is 11.7 Å². The van der Waals surface area contributed by atoms with E-state index in [0.29, 0.717) is 22.4 Å². The van der Waals surface area contributed by atoms with Crippen molar-refractivity contribution in [1.29, 1.82) is 0 Å². The SMILES string of the molecule is Cn1nccc1C(=O)Nc1ccc2nc(C(F)F)[nH]c2c1. The van der Waals surface area contributed by atoms with Crippen LogP contribution >= 0.6 is 0 Å². The largest absolute Gasteiger partial charge is 0.337 e. The number of alkyl halides is 2. The lowest BCUT2D eigenvalue weighted by Gasteiger charge is -2.05. The van der Waals surface area contributed by atoms with Crippen molar-refractivity contribution in [3.63, 3.8) is 0 Å². The molecule has 2 N–H and O–H groups in total. The van der Waals surface area contributed by atoms with Crippen LogP contribution in [0.3, 0.4) is 0 Å². The van der Waals surface area contributed by atoms with Gasteiger partial charge in [-0.3, -0.25) is 9.48 Å². The van der Waals surface area contributed by atoms with Gasteiger partial charge in [-0.25, -0.2) is 13.8 Å². The molecule has 0 radical (unpaired) electrons. The lowest BCUT2D eigenvalue weighted by molar-refractivity contribution is 0.101. The van der Waals surface area contributed by atoms with Crippen LogP contribution in [0, 0.1) is 0 Å². The normalized spacial score (nSPS) is 11.2. The predicted molar refractivity (Wildman–Crippen MR) is 72.2 cm³/mol. The number of hydrogen-bond donors (Lipinski definition) is 2. The van der Waals surface area contributed by atoms with E-state index in [0.717, 1.165) is 0 Å². The molecule has 6 nitrogen and oxygen atoms in total. The molecule has 0 saturated heterocycles. The van der Waals surface area contributed by atoms with Gasteiger partial charge in [0.25, 0.3) is 12.3 Å². The Labute approximate surface area is 117 Å². The van der Waals surface area contributed by atoms with Gasteiger partial charge in [0.15, 0.2) is 5.82 Å². The van der Waals surface area contributed by atoms with E-state index < -0.39 is 6.43 Å². The molecule has 2 heterocycles. The average molecular weight is 291 g/mol. The first-order valence-electron chi connectivity index (χ1n) is 6.12. The molecule has 0 bridgehead atoms. The number of aromatic amines is 1.